The van der Waals surface area contributed by atoms with Gasteiger partial charge in [0.2, 0.25) is 0 Å². The highest BCUT2D eigenvalue weighted by Gasteiger charge is 2.23. The zero-order valence-electron chi connectivity index (χ0n) is 5.74. The molecule has 1 atom stereocenters. The minimum atomic E-state index is -0.318. The van der Waals surface area contributed by atoms with Crippen molar-refractivity contribution in [1.82, 2.24) is 5.32 Å². The average Bonchev–Trinajstić information content (AvgIpc) is 2.55. The van der Waals surface area contributed by atoms with Crippen molar-refractivity contribution < 1.29 is 9.53 Å². The molecule has 1 aromatic rings. The maximum Gasteiger partial charge on any atom is 0.407 e. The molecule has 0 bridgehead atoms. The number of rotatable bonds is 1. The maximum absolute atomic E-state index is 10.6. The highest BCUT2D eigenvalue weighted by Crippen LogP contribution is 2.19. The summed E-state index contributed by atoms with van der Waals surface area (Å²) in [5.74, 6) is 0. The lowest BCUT2D eigenvalue weighted by atomic mass is 10.2. The molecule has 3 nitrogen and oxygen atoms in total. The Morgan fingerprint density at radius 2 is 2.64 bits per heavy atom. The van der Waals surface area contributed by atoms with E-state index in [9.17, 15) is 4.79 Å². The maximum atomic E-state index is 10.6. The molecule has 2 heterocycles. The van der Waals surface area contributed by atoms with Gasteiger partial charge in [-0.3, -0.25) is 0 Å². The van der Waals surface area contributed by atoms with Gasteiger partial charge in [-0.1, -0.05) is 0 Å². The second-order valence-corrected chi connectivity index (χ2v) is 3.13. The van der Waals surface area contributed by atoms with Crippen molar-refractivity contribution in [2.75, 3.05) is 6.61 Å². The summed E-state index contributed by atoms with van der Waals surface area (Å²) in [6, 6.07) is 2.05. The summed E-state index contributed by atoms with van der Waals surface area (Å²) in [5, 5.41) is 6.70. The SMILES string of the molecule is O=C1NC(c2ccsc2)CO1. The van der Waals surface area contributed by atoms with E-state index in [1.807, 2.05) is 16.8 Å². The average molecular weight is 169 g/mol. The Morgan fingerprint density at radius 3 is 3.18 bits per heavy atom. The molecule has 0 aliphatic carbocycles. The number of nitrogens with one attached hydrogen (secondary N) is 1. The molecule has 58 valence electrons. The largest absolute Gasteiger partial charge is 0.447 e. The van der Waals surface area contributed by atoms with Gasteiger partial charge in [0.1, 0.15) is 6.61 Å². The molecular formula is C7H7NO2S. The fourth-order valence-corrected chi connectivity index (χ4v) is 1.75. The van der Waals surface area contributed by atoms with Crippen LogP contribution in [0.4, 0.5) is 4.79 Å². The fraction of sp³-hybridized carbons (Fsp3) is 0.286. The van der Waals surface area contributed by atoms with Gasteiger partial charge in [0.05, 0.1) is 6.04 Å². The Labute approximate surface area is 68.0 Å². The third-order valence-electron chi connectivity index (χ3n) is 1.62. The number of cyclic esters (lactones) is 1. The van der Waals surface area contributed by atoms with E-state index in [-0.39, 0.29) is 12.1 Å². The van der Waals surface area contributed by atoms with E-state index in [2.05, 4.69) is 5.32 Å². The summed E-state index contributed by atoms with van der Waals surface area (Å²) in [6.07, 6.45) is -0.318. The van der Waals surface area contributed by atoms with Crippen LogP contribution in [0.3, 0.4) is 0 Å². The number of ether oxygens (including phenoxy) is 1. The van der Waals surface area contributed by atoms with Crippen molar-refractivity contribution in [2.24, 2.45) is 0 Å². The first-order chi connectivity index (χ1) is 5.36. The van der Waals surface area contributed by atoms with Gasteiger partial charge in [-0.2, -0.15) is 11.3 Å². The normalized spacial score (nSPS) is 22.9. The number of hydrogen-bond donors (Lipinski definition) is 1. The number of carbonyl (C=O) groups is 1. The smallest absolute Gasteiger partial charge is 0.407 e. The molecule has 1 N–H and O–H groups in total. The molecule has 1 saturated heterocycles. The van der Waals surface area contributed by atoms with Gasteiger partial charge >= 0.3 is 6.09 Å². The first-order valence-corrected chi connectivity index (χ1v) is 4.26. The summed E-state index contributed by atoms with van der Waals surface area (Å²) in [5.41, 5.74) is 1.13. The predicted octanol–water partition coefficient (Wildman–Crippen LogP) is 1.53. The van der Waals surface area contributed by atoms with Crippen LogP contribution in [-0.4, -0.2) is 12.7 Å². The molecule has 1 aromatic heterocycles. The zero-order chi connectivity index (χ0) is 7.68. The monoisotopic (exact) mass is 169 g/mol. The van der Waals surface area contributed by atoms with Crippen molar-refractivity contribution in [3.05, 3.63) is 22.4 Å². The standard InChI is InChI=1S/C7H7NO2S/c9-7-8-6(3-10-7)5-1-2-11-4-5/h1-2,4,6H,3H2,(H,8,9). The van der Waals surface area contributed by atoms with Crippen LogP contribution in [0.1, 0.15) is 11.6 Å². The van der Waals surface area contributed by atoms with Crippen molar-refractivity contribution in [3.8, 4) is 0 Å². The van der Waals surface area contributed by atoms with E-state index in [0.717, 1.165) is 5.56 Å². The molecule has 0 saturated carbocycles. The second kappa shape index (κ2) is 2.54. The highest BCUT2D eigenvalue weighted by atomic mass is 32.1. The molecule has 2 rings (SSSR count). The molecule has 1 unspecified atom stereocenters. The van der Waals surface area contributed by atoms with Crippen molar-refractivity contribution >= 4 is 17.4 Å². The number of alkyl carbamates (subject to hydrolysis) is 1. The van der Waals surface area contributed by atoms with Crippen molar-refractivity contribution in [3.63, 3.8) is 0 Å². The van der Waals surface area contributed by atoms with Crippen molar-refractivity contribution in [1.29, 1.82) is 0 Å². The van der Waals surface area contributed by atoms with Gasteiger partial charge in [-0.25, -0.2) is 4.79 Å². The molecule has 1 aliphatic heterocycles. The highest BCUT2D eigenvalue weighted by molar-refractivity contribution is 7.07. The number of amides is 1. The van der Waals surface area contributed by atoms with Crippen LogP contribution < -0.4 is 5.32 Å². The lowest BCUT2D eigenvalue weighted by molar-refractivity contribution is 0.177. The van der Waals surface area contributed by atoms with Crippen LogP contribution >= 0.6 is 11.3 Å². The van der Waals surface area contributed by atoms with E-state index >= 15 is 0 Å². The Morgan fingerprint density at radius 1 is 1.73 bits per heavy atom. The summed E-state index contributed by atoms with van der Waals surface area (Å²) >= 11 is 1.62. The van der Waals surface area contributed by atoms with Gasteiger partial charge < -0.3 is 10.1 Å². The minimum Gasteiger partial charge on any atom is -0.447 e. The molecule has 0 spiro atoms. The molecule has 1 aliphatic rings. The molecule has 11 heavy (non-hydrogen) atoms. The molecule has 1 amide bonds. The third-order valence-corrected chi connectivity index (χ3v) is 2.32. The Bertz CT molecular complexity index is 257. The number of hydrogen-bond acceptors (Lipinski definition) is 3. The molecular weight excluding hydrogens is 162 g/mol. The van der Waals surface area contributed by atoms with E-state index in [1.165, 1.54) is 0 Å². The summed E-state index contributed by atoms with van der Waals surface area (Å²) in [7, 11) is 0. The number of thiophene rings is 1. The van der Waals surface area contributed by atoms with Gasteiger partial charge in [-0.15, -0.1) is 0 Å². The zero-order valence-corrected chi connectivity index (χ0v) is 6.56. The van der Waals surface area contributed by atoms with Gasteiger partial charge in [0, 0.05) is 0 Å². The third kappa shape index (κ3) is 1.21. The molecule has 4 heteroatoms. The van der Waals surface area contributed by atoms with Crippen LogP contribution in [-0.2, 0) is 4.74 Å². The molecule has 0 radical (unpaired) electrons. The lowest BCUT2D eigenvalue weighted by Crippen LogP contribution is -2.17. The first-order valence-electron chi connectivity index (χ1n) is 3.31. The van der Waals surface area contributed by atoms with E-state index in [1.54, 1.807) is 11.3 Å². The number of carbonyl (C=O) groups excluding carboxylic acids is 1. The van der Waals surface area contributed by atoms with Gasteiger partial charge in [0.25, 0.3) is 0 Å². The summed E-state index contributed by atoms with van der Waals surface area (Å²) in [4.78, 5) is 10.6. The first kappa shape index (κ1) is 6.67. The Kier molecular flexibility index (Phi) is 1.54. The minimum absolute atomic E-state index is 0.0637. The van der Waals surface area contributed by atoms with Crippen LogP contribution in [0.25, 0.3) is 0 Å². The van der Waals surface area contributed by atoms with Crippen LogP contribution in [0.5, 0.6) is 0 Å². The summed E-state index contributed by atoms with van der Waals surface area (Å²) in [6.45, 7) is 0.454. The van der Waals surface area contributed by atoms with E-state index in [0.29, 0.717) is 6.61 Å². The predicted molar refractivity (Wildman–Crippen MR) is 41.5 cm³/mol. The van der Waals surface area contributed by atoms with E-state index < -0.39 is 0 Å². The van der Waals surface area contributed by atoms with Crippen LogP contribution in [0.2, 0.25) is 0 Å². The fourth-order valence-electron chi connectivity index (χ4n) is 1.04. The lowest BCUT2D eigenvalue weighted by Gasteiger charge is -2.01. The van der Waals surface area contributed by atoms with Gasteiger partial charge in [0.15, 0.2) is 0 Å². The van der Waals surface area contributed by atoms with Crippen LogP contribution in [0, 0.1) is 0 Å². The quantitative estimate of drug-likeness (QED) is 0.692. The Balaban J connectivity index is 2.13. The summed E-state index contributed by atoms with van der Waals surface area (Å²) < 4.78 is 4.74. The molecule has 1 fully saturated rings. The van der Waals surface area contributed by atoms with Crippen molar-refractivity contribution in [2.45, 2.75) is 6.04 Å². The topological polar surface area (TPSA) is 38.3 Å². The molecule has 0 aromatic carbocycles. The van der Waals surface area contributed by atoms with Crippen LogP contribution in [0.15, 0.2) is 16.8 Å². The Hall–Kier alpha value is -1.03. The van der Waals surface area contributed by atoms with E-state index in [4.69, 9.17) is 4.74 Å². The van der Waals surface area contributed by atoms with Gasteiger partial charge in [-0.05, 0) is 22.4 Å². The second-order valence-electron chi connectivity index (χ2n) is 2.35.